The summed E-state index contributed by atoms with van der Waals surface area (Å²) in [5, 5.41) is 5.47. The molecule has 2 aromatic heterocycles. The summed E-state index contributed by atoms with van der Waals surface area (Å²) in [5.74, 6) is -0.467. The van der Waals surface area contributed by atoms with Crippen molar-refractivity contribution in [3.05, 3.63) is 22.6 Å². The summed E-state index contributed by atoms with van der Waals surface area (Å²) >= 11 is 0.806. The van der Waals surface area contributed by atoms with Crippen LogP contribution in [-0.2, 0) is 10.9 Å². The van der Waals surface area contributed by atoms with E-state index in [1.807, 2.05) is 0 Å². The van der Waals surface area contributed by atoms with Crippen molar-refractivity contribution >= 4 is 39.4 Å². The van der Waals surface area contributed by atoms with Crippen molar-refractivity contribution < 1.29 is 31.6 Å². The van der Waals surface area contributed by atoms with Crippen LogP contribution in [0, 0.1) is 0 Å². The topological polar surface area (TPSA) is 83.6 Å². The third-order valence-electron chi connectivity index (χ3n) is 4.43. The summed E-state index contributed by atoms with van der Waals surface area (Å²) < 4.78 is 66.9. The Morgan fingerprint density at radius 2 is 2.07 bits per heavy atom. The number of aromatic nitrogens is 1. The monoisotopic (exact) mass is 419 g/mol. The zero-order chi connectivity index (χ0) is 23.0. The van der Waals surface area contributed by atoms with Gasteiger partial charge in [0, 0.05) is 49.4 Å². The Kier molecular flexibility index (Phi) is 4.58. The zero-order valence-corrected chi connectivity index (χ0v) is 15.5. The van der Waals surface area contributed by atoms with E-state index in [0.717, 1.165) is 17.4 Å². The van der Waals surface area contributed by atoms with Gasteiger partial charge in [-0.3, -0.25) is 4.79 Å². The first kappa shape index (κ1) is 16.4. The summed E-state index contributed by atoms with van der Waals surface area (Å²) in [7, 11) is 1.38. The number of hydrogen-bond acceptors (Lipinski definition) is 6. The Hall–Kier alpha value is -2.56. The number of pyridine rings is 1. The van der Waals surface area contributed by atoms with E-state index < -0.39 is 36.8 Å². The first-order chi connectivity index (χ1) is 14.4. The van der Waals surface area contributed by atoms with Gasteiger partial charge in [-0.2, -0.15) is 13.2 Å². The number of anilines is 1. The summed E-state index contributed by atoms with van der Waals surface area (Å²) in [6.07, 6.45) is -5.73. The number of piperidine rings is 1. The number of carbonyl (C=O) groups is 2. The number of nitrogens with zero attached hydrogens (tertiary/aromatic N) is 2. The largest absolute Gasteiger partial charge is 0.446 e. The fourth-order valence-electron chi connectivity index (χ4n) is 3.05. The number of alkyl carbamates (subject to hydrolysis) is 1. The smallest absolute Gasteiger partial charge is 0.417 e. The second-order valence-corrected chi connectivity index (χ2v) is 7.03. The molecular formula is C17H19F3N4O3S. The van der Waals surface area contributed by atoms with Gasteiger partial charge in [-0.15, -0.1) is 11.3 Å². The van der Waals surface area contributed by atoms with Gasteiger partial charge >= 0.3 is 12.3 Å². The van der Waals surface area contributed by atoms with Crippen molar-refractivity contribution in [3.63, 3.8) is 0 Å². The maximum Gasteiger partial charge on any atom is 0.417 e. The van der Waals surface area contributed by atoms with Gasteiger partial charge < -0.3 is 20.3 Å². The van der Waals surface area contributed by atoms with Crippen LogP contribution >= 0.6 is 11.3 Å². The van der Waals surface area contributed by atoms with E-state index in [9.17, 15) is 22.8 Å². The molecule has 2 aromatic rings. The number of thiophene rings is 1. The Morgan fingerprint density at radius 1 is 1.36 bits per heavy atom. The third-order valence-corrected chi connectivity index (χ3v) is 5.43. The molecule has 3 heterocycles. The minimum Gasteiger partial charge on any atom is -0.446 e. The van der Waals surface area contributed by atoms with Crippen molar-refractivity contribution in [1.29, 1.82) is 0 Å². The molecule has 0 saturated carbocycles. The van der Waals surface area contributed by atoms with Crippen LogP contribution in [0.3, 0.4) is 0 Å². The predicted molar refractivity (Wildman–Crippen MR) is 98.8 cm³/mol. The van der Waals surface area contributed by atoms with Crippen molar-refractivity contribution in [3.8, 4) is 0 Å². The maximum atomic E-state index is 13.6. The lowest BCUT2D eigenvalue weighted by Gasteiger charge is -2.32. The number of hydrogen-bond donors (Lipinski definition) is 2. The highest BCUT2D eigenvalue weighted by atomic mass is 32.1. The first-order valence-corrected chi connectivity index (χ1v) is 9.22. The second-order valence-electron chi connectivity index (χ2n) is 6.15. The molecule has 152 valence electrons. The van der Waals surface area contributed by atoms with E-state index in [2.05, 4.69) is 10.3 Å². The van der Waals surface area contributed by atoms with E-state index in [0.29, 0.717) is 0 Å². The molecule has 2 amide bonds. The minimum absolute atomic E-state index is 0.0235. The number of ether oxygens (including phenoxy) is 1. The highest BCUT2D eigenvalue weighted by Crippen LogP contribution is 2.40. The fraction of sp³-hybridized carbons (Fsp3) is 0.471. The van der Waals surface area contributed by atoms with E-state index >= 15 is 0 Å². The quantitative estimate of drug-likeness (QED) is 0.799. The van der Waals surface area contributed by atoms with Crippen molar-refractivity contribution in [2.45, 2.75) is 25.1 Å². The highest BCUT2D eigenvalue weighted by molar-refractivity contribution is 7.17. The van der Waals surface area contributed by atoms with Crippen LogP contribution in [0.5, 0.6) is 0 Å². The SMILES string of the molecule is [2H]C([2H])([2H])NC(=O)OC1CCN(c2cc(C(F)(F)F)c3scc(C(=O)NC)c3n2)CC1. The van der Waals surface area contributed by atoms with E-state index in [4.69, 9.17) is 8.85 Å². The lowest BCUT2D eigenvalue weighted by Crippen LogP contribution is -2.39. The standard InChI is InChI=1S/C17H19F3N4O3S/c1-21-15(25)10-8-28-14-11(17(18,19)20)7-12(23-13(10)14)24-5-3-9(4-6-24)27-16(26)22-2/h7-9H,3-6H2,1-2H3,(H,21,25)(H,22,26)/i2D3. The summed E-state index contributed by atoms with van der Waals surface area (Å²) in [4.78, 5) is 29.6. The fourth-order valence-corrected chi connectivity index (χ4v) is 4.07. The van der Waals surface area contributed by atoms with Gasteiger partial charge in [0.05, 0.1) is 21.3 Å². The number of alkyl halides is 3. The molecule has 0 aromatic carbocycles. The van der Waals surface area contributed by atoms with E-state index in [1.54, 1.807) is 10.2 Å². The maximum absolute atomic E-state index is 13.6. The zero-order valence-electron chi connectivity index (χ0n) is 17.7. The molecule has 2 N–H and O–H groups in total. The van der Waals surface area contributed by atoms with Crippen LogP contribution in [-0.4, -0.2) is 50.2 Å². The number of amides is 2. The highest BCUT2D eigenvalue weighted by Gasteiger charge is 2.36. The van der Waals surface area contributed by atoms with Gasteiger partial charge in [-0.1, -0.05) is 0 Å². The lowest BCUT2D eigenvalue weighted by molar-refractivity contribution is -0.136. The molecule has 0 spiro atoms. The molecule has 0 radical (unpaired) electrons. The van der Waals surface area contributed by atoms with E-state index in [1.165, 1.54) is 12.4 Å². The molecule has 28 heavy (non-hydrogen) atoms. The Bertz CT molecular complexity index is 989. The molecule has 0 bridgehead atoms. The number of fused-ring (bicyclic) bond motifs is 1. The lowest BCUT2D eigenvalue weighted by atomic mass is 10.1. The van der Waals surface area contributed by atoms with Crippen molar-refractivity contribution in [2.75, 3.05) is 32.0 Å². The predicted octanol–water partition coefficient (Wildman–Crippen LogP) is 3.00. The Labute approximate surface area is 167 Å². The van der Waals surface area contributed by atoms with Crippen LogP contribution in [0.1, 0.15) is 32.9 Å². The molecule has 1 fully saturated rings. The van der Waals surface area contributed by atoms with Crippen LogP contribution in [0.25, 0.3) is 10.2 Å². The van der Waals surface area contributed by atoms with Gasteiger partial charge in [-0.25, -0.2) is 9.78 Å². The van der Waals surface area contributed by atoms with Crippen LogP contribution in [0.15, 0.2) is 11.4 Å². The molecule has 1 aliphatic heterocycles. The summed E-state index contributed by atoms with van der Waals surface area (Å²) in [5.41, 5.74) is -0.831. The molecule has 0 atom stereocenters. The second kappa shape index (κ2) is 7.82. The molecule has 7 nitrogen and oxygen atoms in total. The Morgan fingerprint density at radius 3 is 2.68 bits per heavy atom. The third kappa shape index (κ3) is 3.98. The molecular weight excluding hydrogens is 397 g/mol. The van der Waals surface area contributed by atoms with Crippen LogP contribution in [0.2, 0.25) is 0 Å². The number of rotatable bonds is 3. The van der Waals surface area contributed by atoms with Gasteiger partial charge in [0.1, 0.15) is 11.9 Å². The normalized spacial score (nSPS) is 17.6. The molecule has 1 saturated heterocycles. The number of nitrogens with one attached hydrogen (secondary N) is 2. The van der Waals surface area contributed by atoms with Gasteiger partial charge in [0.25, 0.3) is 5.91 Å². The molecule has 1 aliphatic rings. The van der Waals surface area contributed by atoms with Crippen molar-refractivity contribution in [1.82, 2.24) is 15.6 Å². The average molecular weight is 419 g/mol. The number of halogens is 3. The number of carbonyl (C=O) groups excluding carboxylic acids is 2. The van der Waals surface area contributed by atoms with Crippen LogP contribution < -0.4 is 15.5 Å². The van der Waals surface area contributed by atoms with Crippen molar-refractivity contribution in [2.24, 2.45) is 0 Å². The summed E-state index contributed by atoms with van der Waals surface area (Å²) in [6.45, 7) is -2.20. The van der Waals surface area contributed by atoms with E-state index in [-0.39, 0.29) is 47.5 Å². The van der Waals surface area contributed by atoms with Gasteiger partial charge in [-0.05, 0) is 6.07 Å². The van der Waals surface area contributed by atoms with Crippen LogP contribution in [0.4, 0.5) is 23.8 Å². The first-order valence-electron chi connectivity index (χ1n) is 9.84. The summed E-state index contributed by atoms with van der Waals surface area (Å²) in [6, 6.07) is 0.953. The Balaban J connectivity index is 1.82. The van der Waals surface area contributed by atoms with Gasteiger partial charge in [0.15, 0.2) is 0 Å². The van der Waals surface area contributed by atoms with Gasteiger partial charge in [0.2, 0.25) is 0 Å². The minimum atomic E-state index is -4.63. The molecule has 0 aliphatic carbocycles. The molecule has 3 rings (SSSR count). The molecule has 0 unspecified atom stereocenters. The molecule has 11 heteroatoms. The average Bonchev–Trinajstić information content (AvgIpc) is 3.08.